The normalized spacial score (nSPS) is 10.4. The molecule has 0 saturated heterocycles. The third-order valence-electron chi connectivity index (χ3n) is 2.54. The zero-order valence-corrected chi connectivity index (χ0v) is 11.2. The van der Waals surface area contributed by atoms with Crippen LogP contribution in [0.15, 0.2) is 30.3 Å². The summed E-state index contributed by atoms with van der Waals surface area (Å²) in [6, 6.07) is 6.26. The molecule has 0 aliphatic heterocycles. The second kappa shape index (κ2) is 8.68. The molecule has 108 valence electrons. The first-order valence-electron chi connectivity index (χ1n) is 6.38. The summed E-state index contributed by atoms with van der Waals surface area (Å²) in [5.41, 5.74) is 5.51. The number of carbonyl (C=O) groups excluding carboxylic acids is 1. The molecular weight excluding hydrogens is 259 g/mol. The quantitative estimate of drug-likeness (QED) is 0.261. The molecule has 1 aromatic carbocycles. The molecule has 0 saturated carbocycles. The number of hydrogen-bond acceptors (Lipinski definition) is 2. The van der Waals surface area contributed by atoms with Crippen molar-refractivity contribution in [3.63, 3.8) is 0 Å². The van der Waals surface area contributed by atoms with Crippen LogP contribution in [0.3, 0.4) is 0 Å². The molecule has 0 aromatic heterocycles. The first-order valence-corrected chi connectivity index (χ1v) is 6.38. The summed E-state index contributed by atoms with van der Waals surface area (Å²) < 4.78 is 13.3. The van der Waals surface area contributed by atoms with E-state index in [0.29, 0.717) is 18.7 Å². The predicted octanol–water partition coefficient (Wildman–Crippen LogP) is 1.22. The van der Waals surface area contributed by atoms with E-state index in [2.05, 4.69) is 10.6 Å². The molecule has 1 amide bonds. The van der Waals surface area contributed by atoms with Gasteiger partial charge in [0, 0.05) is 24.7 Å². The van der Waals surface area contributed by atoms with E-state index in [4.69, 9.17) is 11.1 Å². The fourth-order valence-corrected chi connectivity index (χ4v) is 1.52. The lowest BCUT2D eigenvalue weighted by atomic mass is 10.2. The molecule has 5 nitrogen and oxygen atoms in total. The molecule has 0 fully saturated rings. The number of unbranched alkanes of at least 4 members (excludes halogenated alkanes) is 1. The summed E-state index contributed by atoms with van der Waals surface area (Å²) in [4.78, 5) is 11.5. The van der Waals surface area contributed by atoms with Gasteiger partial charge in [0.25, 0.3) is 0 Å². The van der Waals surface area contributed by atoms with Gasteiger partial charge in [-0.3, -0.25) is 10.2 Å². The average molecular weight is 278 g/mol. The van der Waals surface area contributed by atoms with Gasteiger partial charge in [0.2, 0.25) is 5.91 Å². The smallest absolute Gasteiger partial charge is 0.244 e. The van der Waals surface area contributed by atoms with Crippen molar-refractivity contribution < 1.29 is 9.18 Å². The van der Waals surface area contributed by atoms with Crippen molar-refractivity contribution in [3.05, 3.63) is 41.7 Å². The van der Waals surface area contributed by atoms with E-state index < -0.39 is 0 Å². The lowest BCUT2D eigenvalue weighted by Gasteiger charge is -2.04. The number of rotatable bonds is 7. The molecule has 0 aliphatic rings. The Morgan fingerprint density at radius 3 is 2.55 bits per heavy atom. The molecule has 20 heavy (non-hydrogen) atoms. The molecule has 0 atom stereocenters. The van der Waals surface area contributed by atoms with E-state index in [0.717, 1.165) is 12.8 Å². The van der Waals surface area contributed by atoms with Crippen molar-refractivity contribution in [2.24, 2.45) is 5.73 Å². The van der Waals surface area contributed by atoms with E-state index in [1.807, 2.05) is 0 Å². The van der Waals surface area contributed by atoms with Gasteiger partial charge >= 0.3 is 0 Å². The first kappa shape index (κ1) is 15.7. The second-order valence-corrected chi connectivity index (χ2v) is 4.19. The summed E-state index contributed by atoms with van der Waals surface area (Å²) in [6.45, 7) is 1.14. The van der Waals surface area contributed by atoms with Crippen molar-refractivity contribution in [1.82, 2.24) is 10.6 Å². The number of guanidine groups is 1. The van der Waals surface area contributed by atoms with Crippen molar-refractivity contribution in [1.29, 1.82) is 5.41 Å². The highest BCUT2D eigenvalue weighted by molar-refractivity contribution is 5.91. The molecule has 1 aromatic rings. The Kier molecular flexibility index (Phi) is 6.81. The fraction of sp³-hybridized carbons (Fsp3) is 0.286. The molecule has 5 N–H and O–H groups in total. The van der Waals surface area contributed by atoms with Crippen molar-refractivity contribution in [3.8, 4) is 0 Å². The molecular formula is C14H19FN4O. The lowest BCUT2D eigenvalue weighted by Crippen LogP contribution is -2.31. The minimum Gasteiger partial charge on any atom is -0.370 e. The van der Waals surface area contributed by atoms with Crippen LogP contribution in [0.5, 0.6) is 0 Å². The summed E-state index contributed by atoms with van der Waals surface area (Å²) >= 11 is 0. The standard InChI is InChI=1S/C14H19FN4O/c15-12-6-2-1-5-11(12)7-8-13(20)18-9-3-4-10-19-14(16)17/h1-2,5-8H,3-4,9-10H2,(H,18,20)(H4,16,17,19)/b8-7+. The Labute approximate surface area is 117 Å². The molecule has 0 unspecified atom stereocenters. The molecule has 0 spiro atoms. The van der Waals surface area contributed by atoms with E-state index in [1.54, 1.807) is 18.2 Å². The van der Waals surface area contributed by atoms with Crippen LogP contribution >= 0.6 is 0 Å². The van der Waals surface area contributed by atoms with Gasteiger partial charge in [0.05, 0.1) is 0 Å². The highest BCUT2D eigenvalue weighted by Crippen LogP contribution is 2.07. The van der Waals surface area contributed by atoms with Gasteiger partial charge in [0.1, 0.15) is 5.82 Å². The largest absolute Gasteiger partial charge is 0.370 e. The van der Waals surface area contributed by atoms with Crippen molar-refractivity contribution in [2.45, 2.75) is 12.8 Å². The van der Waals surface area contributed by atoms with Crippen molar-refractivity contribution >= 4 is 17.9 Å². The molecule has 0 radical (unpaired) electrons. The highest BCUT2D eigenvalue weighted by Gasteiger charge is 1.98. The van der Waals surface area contributed by atoms with Gasteiger partial charge in [-0.25, -0.2) is 4.39 Å². The maximum Gasteiger partial charge on any atom is 0.244 e. The first-order chi connectivity index (χ1) is 9.59. The van der Waals surface area contributed by atoms with Crippen LogP contribution in [0.4, 0.5) is 4.39 Å². The highest BCUT2D eigenvalue weighted by atomic mass is 19.1. The minimum atomic E-state index is -0.355. The Hall–Kier alpha value is -2.37. The molecule has 1 rings (SSSR count). The van der Waals surface area contributed by atoms with E-state index >= 15 is 0 Å². The van der Waals surface area contributed by atoms with Crippen molar-refractivity contribution in [2.75, 3.05) is 13.1 Å². The number of benzene rings is 1. The van der Waals surface area contributed by atoms with Crippen LogP contribution in [0, 0.1) is 11.2 Å². The number of hydrogen-bond donors (Lipinski definition) is 4. The Bertz CT molecular complexity index is 488. The average Bonchev–Trinajstić information content (AvgIpc) is 2.41. The van der Waals surface area contributed by atoms with E-state index in [-0.39, 0.29) is 17.7 Å². The number of nitrogens with two attached hydrogens (primary N) is 1. The molecule has 6 heteroatoms. The SMILES string of the molecule is N=C(N)NCCCCNC(=O)/C=C/c1ccccc1F. The fourth-order valence-electron chi connectivity index (χ4n) is 1.52. The number of halogens is 1. The zero-order chi connectivity index (χ0) is 14.8. The molecule has 0 aliphatic carbocycles. The van der Waals surface area contributed by atoms with Gasteiger partial charge in [-0.1, -0.05) is 18.2 Å². The molecule has 0 heterocycles. The second-order valence-electron chi connectivity index (χ2n) is 4.19. The lowest BCUT2D eigenvalue weighted by molar-refractivity contribution is -0.116. The topological polar surface area (TPSA) is 91.0 Å². The minimum absolute atomic E-state index is 0.0538. The third kappa shape index (κ3) is 6.53. The van der Waals surface area contributed by atoms with E-state index in [9.17, 15) is 9.18 Å². The van der Waals surface area contributed by atoms with Gasteiger partial charge < -0.3 is 16.4 Å². The Morgan fingerprint density at radius 2 is 1.90 bits per heavy atom. The summed E-state index contributed by atoms with van der Waals surface area (Å²) in [5, 5.41) is 12.3. The number of carbonyl (C=O) groups is 1. The van der Waals surface area contributed by atoms with Gasteiger partial charge in [0.15, 0.2) is 5.96 Å². The monoisotopic (exact) mass is 278 g/mol. The van der Waals surface area contributed by atoms with Crippen LogP contribution in [0.25, 0.3) is 6.08 Å². The van der Waals surface area contributed by atoms with Gasteiger partial charge in [-0.05, 0) is 25.0 Å². The van der Waals surface area contributed by atoms with Crippen LogP contribution in [0.2, 0.25) is 0 Å². The third-order valence-corrected chi connectivity index (χ3v) is 2.54. The van der Waals surface area contributed by atoms with Crippen LogP contribution in [0.1, 0.15) is 18.4 Å². The summed E-state index contributed by atoms with van der Waals surface area (Å²) in [6.07, 6.45) is 4.34. The number of nitrogens with one attached hydrogen (secondary N) is 3. The maximum absolute atomic E-state index is 13.3. The van der Waals surface area contributed by atoms with Crippen LogP contribution in [-0.4, -0.2) is 25.0 Å². The summed E-state index contributed by atoms with van der Waals surface area (Å²) in [7, 11) is 0. The molecule has 0 bridgehead atoms. The van der Waals surface area contributed by atoms with Gasteiger partial charge in [-0.15, -0.1) is 0 Å². The van der Waals surface area contributed by atoms with E-state index in [1.165, 1.54) is 18.2 Å². The summed E-state index contributed by atoms with van der Waals surface area (Å²) in [5.74, 6) is -0.665. The maximum atomic E-state index is 13.3. The van der Waals surface area contributed by atoms with Crippen LogP contribution < -0.4 is 16.4 Å². The predicted molar refractivity (Wildman–Crippen MR) is 77.6 cm³/mol. The van der Waals surface area contributed by atoms with Crippen LogP contribution in [-0.2, 0) is 4.79 Å². The Morgan fingerprint density at radius 1 is 1.25 bits per heavy atom. The Balaban J connectivity index is 2.20. The number of amides is 1. The van der Waals surface area contributed by atoms with Gasteiger partial charge in [-0.2, -0.15) is 0 Å². The zero-order valence-electron chi connectivity index (χ0n) is 11.2.